The Morgan fingerprint density at radius 2 is 2.21 bits per heavy atom. The number of carbonyl (C=O) groups is 1. The highest BCUT2D eigenvalue weighted by Crippen LogP contribution is 1.96. The number of hydrogen-bond acceptors (Lipinski definition) is 4. The summed E-state index contributed by atoms with van der Waals surface area (Å²) in [6, 6.07) is 0. The summed E-state index contributed by atoms with van der Waals surface area (Å²) in [5.41, 5.74) is 5.38. The fourth-order valence-corrected chi connectivity index (χ4v) is 1.21. The molecular weight excluding hydrogens is 182 g/mol. The number of anilines is 1. The Morgan fingerprint density at radius 1 is 1.57 bits per heavy atom. The molecule has 0 bridgehead atoms. The van der Waals surface area contributed by atoms with Crippen LogP contribution in [0, 0.1) is 0 Å². The van der Waals surface area contributed by atoms with Gasteiger partial charge < -0.3 is 10.6 Å². The lowest BCUT2D eigenvalue weighted by Gasteiger charge is -2.17. The Labute approximate surface area is 82.7 Å². The van der Waals surface area contributed by atoms with Gasteiger partial charge >= 0.3 is 0 Å². The monoisotopic (exact) mass is 197 g/mol. The number of carbonyl (C=O) groups excluding carboxylic acids is 1. The predicted octanol–water partition coefficient (Wildman–Crippen LogP) is -0.271. The quantitative estimate of drug-likeness (QED) is 0.720. The summed E-state index contributed by atoms with van der Waals surface area (Å²) in [4.78, 5) is 13.3. The number of aromatic nitrogens is 3. The molecule has 0 unspecified atom stereocenters. The maximum atomic E-state index is 11.6. The number of rotatable bonds is 4. The van der Waals surface area contributed by atoms with E-state index in [4.69, 9.17) is 5.73 Å². The fourth-order valence-electron chi connectivity index (χ4n) is 1.21. The minimum Gasteiger partial charge on any atom is -0.381 e. The van der Waals surface area contributed by atoms with Gasteiger partial charge in [-0.3, -0.25) is 4.79 Å². The number of hydrogen-bond donors (Lipinski definition) is 1. The molecular formula is C8H15N5O. The second kappa shape index (κ2) is 4.59. The van der Waals surface area contributed by atoms with Crippen LogP contribution in [0.15, 0.2) is 6.20 Å². The number of likely N-dealkylation sites (N-methyl/N-ethyl adjacent to an activating group) is 1. The lowest BCUT2D eigenvalue weighted by molar-refractivity contribution is -0.131. The highest BCUT2D eigenvalue weighted by Gasteiger charge is 2.10. The van der Waals surface area contributed by atoms with Crippen molar-refractivity contribution < 1.29 is 4.79 Å². The molecule has 2 N–H and O–H groups in total. The summed E-state index contributed by atoms with van der Waals surface area (Å²) in [6.45, 7) is 5.50. The van der Waals surface area contributed by atoms with E-state index in [2.05, 4.69) is 10.3 Å². The van der Waals surface area contributed by atoms with Crippen molar-refractivity contribution in [3.05, 3.63) is 6.20 Å². The molecule has 0 spiro atoms. The summed E-state index contributed by atoms with van der Waals surface area (Å²) in [5, 5.41) is 7.30. The average Bonchev–Trinajstić information content (AvgIpc) is 2.53. The summed E-state index contributed by atoms with van der Waals surface area (Å²) < 4.78 is 1.44. The Balaban J connectivity index is 2.56. The van der Waals surface area contributed by atoms with Gasteiger partial charge in [-0.25, -0.2) is 4.68 Å². The van der Waals surface area contributed by atoms with Crippen LogP contribution in [0.3, 0.4) is 0 Å². The molecule has 6 nitrogen and oxygen atoms in total. The molecule has 14 heavy (non-hydrogen) atoms. The van der Waals surface area contributed by atoms with Crippen LogP contribution < -0.4 is 5.73 Å². The highest BCUT2D eigenvalue weighted by molar-refractivity contribution is 5.75. The zero-order valence-corrected chi connectivity index (χ0v) is 8.47. The van der Waals surface area contributed by atoms with Crippen LogP contribution in [0.1, 0.15) is 13.8 Å². The Bertz CT molecular complexity index is 304. The number of nitrogens with two attached hydrogens (primary N) is 1. The zero-order chi connectivity index (χ0) is 10.6. The van der Waals surface area contributed by atoms with E-state index in [9.17, 15) is 4.79 Å². The lowest BCUT2D eigenvalue weighted by atomic mass is 10.4. The van der Waals surface area contributed by atoms with E-state index >= 15 is 0 Å². The summed E-state index contributed by atoms with van der Waals surface area (Å²) >= 11 is 0. The fraction of sp³-hybridized carbons (Fsp3) is 0.625. The molecule has 0 atom stereocenters. The Kier molecular flexibility index (Phi) is 3.44. The first-order valence-electron chi connectivity index (χ1n) is 4.60. The SMILES string of the molecule is CCN(CC)C(=O)Cn1cc(N)nn1. The van der Waals surface area contributed by atoms with Crippen molar-refractivity contribution in [2.45, 2.75) is 20.4 Å². The van der Waals surface area contributed by atoms with Crippen LogP contribution in [0.2, 0.25) is 0 Å². The molecule has 0 saturated carbocycles. The van der Waals surface area contributed by atoms with Gasteiger partial charge in [-0.2, -0.15) is 0 Å². The third-order valence-corrected chi connectivity index (χ3v) is 1.97. The van der Waals surface area contributed by atoms with E-state index in [0.717, 1.165) is 0 Å². The standard InChI is InChI=1S/C8H15N5O/c1-3-12(4-2)8(14)6-13-5-7(9)10-11-13/h5H,3-4,6,9H2,1-2H3. The largest absolute Gasteiger partial charge is 0.381 e. The van der Waals surface area contributed by atoms with Crippen molar-refractivity contribution in [1.82, 2.24) is 19.9 Å². The molecule has 0 aromatic carbocycles. The van der Waals surface area contributed by atoms with Gasteiger partial charge in [-0.05, 0) is 13.8 Å². The van der Waals surface area contributed by atoms with Crippen LogP contribution in [0.25, 0.3) is 0 Å². The molecule has 6 heteroatoms. The molecule has 0 fully saturated rings. The molecule has 0 radical (unpaired) electrons. The van der Waals surface area contributed by atoms with Crippen molar-refractivity contribution >= 4 is 11.7 Å². The first kappa shape index (κ1) is 10.5. The maximum absolute atomic E-state index is 11.6. The smallest absolute Gasteiger partial charge is 0.244 e. The first-order chi connectivity index (χ1) is 6.67. The van der Waals surface area contributed by atoms with E-state index in [1.165, 1.54) is 4.68 Å². The van der Waals surface area contributed by atoms with Crippen molar-refractivity contribution in [2.75, 3.05) is 18.8 Å². The van der Waals surface area contributed by atoms with E-state index in [1.807, 2.05) is 13.8 Å². The minimum atomic E-state index is 0.0277. The topological polar surface area (TPSA) is 77.0 Å². The maximum Gasteiger partial charge on any atom is 0.244 e. The van der Waals surface area contributed by atoms with E-state index < -0.39 is 0 Å². The Morgan fingerprint density at radius 3 is 2.64 bits per heavy atom. The first-order valence-corrected chi connectivity index (χ1v) is 4.60. The van der Waals surface area contributed by atoms with Crippen molar-refractivity contribution in [3.8, 4) is 0 Å². The summed E-state index contributed by atoms with van der Waals surface area (Å²) in [6.07, 6.45) is 1.54. The number of nitrogens with zero attached hydrogens (tertiary/aromatic N) is 4. The van der Waals surface area contributed by atoms with Crippen molar-refractivity contribution in [3.63, 3.8) is 0 Å². The summed E-state index contributed by atoms with van der Waals surface area (Å²) in [7, 11) is 0. The van der Waals surface area contributed by atoms with E-state index in [0.29, 0.717) is 18.9 Å². The molecule has 0 aliphatic carbocycles. The van der Waals surface area contributed by atoms with Gasteiger partial charge in [0.05, 0.1) is 6.20 Å². The van der Waals surface area contributed by atoms with Crippen LogP contribution >= 0.6 is 0 Å². The molecule has 1 aromatic rings. The van der Waals surface area contributed by atoms with Gasteiger partial charge in [0.2, 0.25) is 5.91 Å². The van der Waals surface area contributed by atoms with Gasteiger partial charge in [-0.1, -0.05) is 5.21 Å². The van der Waals surface area contributed by atoms with Crippen LogP contribution in [-0.4, -0.2) is 38.9 Å². The molecule has 1 amide bonds. The average molecular weight is 197 g/mol. The molecule has 0 aliphatic heterocycles. The van der Waals surface area contributed by atoms with Crippen LogP contribution in [0.4, 0.5) is 5.82 Å². The Hall–Kier alpha value is -1.59. The number of amides is 1. The third-order valence-electron chi connectivity index (χ3n) is 1.97. The minimum absolute atomic E-state index is 0.0277. The third kappa shape index (κ3) is 2.45. The van der Waals surface area contributed by atoms with Gasteiger partial charge in [-0.15, -0.1) is 5.10 Å². The second-order valence-corrected chi connectivity index (χ2v) is 2.91. The summed E-state index contributed by atoms with van der Waals surface area (Å²) in [5.74, 6) is 0.359. The molecule has 1 aromatic heterocycles. The molecule has 1 heterocycles. The normalized spacial score (nSPS) is 10.1. The van der Waals surface area contributed by atoms with E-state index in [-0.39, 0.29) is 12.5 Å². The van der Waals surface area contributed by atoms with Gasteiger partial charge in [0.15, 0.2) is 5.82 Å². The molecule has 0 saturated heterocycles. The second-order valence-electron chi connectivity index (χ2n) is 2.91. The highest BCUT2D eigenvalue weighted by atomic mass is 16.2. The van der Waals surface area contributed by atoms with E-state index in [1.54, 1.807) is 11.1 Å². The van der Waals surface area contributed by atoms with Crippen LogP contribution in [0.5, 0.6) is 0 Å². The molecule has 78 valence electrons. The predicted molar refractivity (Wildman–Crippen MR) is 52.4 cm³/mol. The van der Waals surface area contributed by atoms with Crippen LogP contribution in [-0.2, 0) is 11.3 Å². The van der Waals surface area contributed by atoms with Gasteiger partial charge in [0.25, 0.3) is 0 Å². The van der Waals surface area contributed by atoms with Crippen molar-refractivity contribution in [1.29, 1.82) is 0 Å². The zero-order valence-electron chi connectivity index (χ0n) is 8.47. The lowest BCUT2D eigenvalue weighted by Crippen LogP contribution is -2.33. The molecule has 1 rings (SSSR count). The van der Waals surface area contributed by atoms with Gasteiger partial charge in [0, 0.05) is 13.1 Å². The molecule has 0 aliphatic rings. The van der Waals surface area contributed by atoms with Crippen molar-refractivity contribution in [2.24, 2.45) is 0 Å². The number of nitrogen functional groups attached to an aromatic ring is 1. The van der Waals surface area contributed by atoms with Gasteiger partial charge in [0.1, 0.15) is 6.54 Å².